The molecule has 3 rings (SSSR count). The number of thiophene rings is 1. The lowest BCUT2D eigenvalue weighted by Crippen LogP contribution is -2.45. The summed E-state index contributed by atoms with van der Waals surface area (Å²) in [6.07, 6.45) is 3.60. The summed E-state index contributed by atoms with van der Waals surface area (Å²) in [6.45, 7) is 2.06. The molecule has 0 spiro atoms. The number of nitrogens with zero attached hydrogens (tertiary/aromatic N) is 2. The standard InChI is InChI=1S/C15H21N3O2S/c16-15(20)17-7-3-11(4-8-17)14(19)18-6-1-2-13(18)12-5-9-21-10-12/h5,9-11,13H,1-4,6-8H2,(H2,16,20)/t13-/m1/s1. The van der Waals surface area contributed by atoms with E-state index in [2.05, 4.69) is 16.8 Å². The second-order valence-corrected chi connectivity index (χ2v) is 6.63. The van der Waals surface area contributed by atoms with Gasteiger partial charge in [0.25, 0.3) is 0 Å². The van der Waals surface area contributed by atoms with Gasteiger partial charge in [0.05, 0.1) is 6.04 Å². The largest absolute Gasteiger partial charge is 0.351 e. The van der Waals surface area contributed by atoms with Crippen LogP contribution in [-0.4, -0.2) is 41.4 Å². The van der Waals surface area contributed by atoms with Gasteiger partial charge in [0, 0.05) is 25.6 Å². The minimum atomic E-state index is -0.377. The highest BCUT2D eigenvalue weighted by atomic mass is 32.1. The Balaban J connectivity index is 1.64. The summed E-state index contributed by atoms with van der Waals surface area (Å²) in [5, 5.41) is 4.22. The van der Waals surface area contributed by atoms with Gasteiger partial charge in [-0.05, 0) is 48.1 Å². The lowest BCUT2D eigenvalue weighted by atomic mass is 9.94. The molecule has 0 aromatic carbocycles. The molecular formula is C15H21N3O2S. The Morgan fingerprint density at radius 2 is 1.95 bits per heavy atom. The van der Waals surface area contributed by atoms with Gasteiger partial charge < -0.3 is 15.5 Å². The number of primary amides is 1. The van der Waals surface area contributed by atoms with Crippen LogP contribution in [0.1, 0.15) is 37.3 Å². The highest BCUT2D eigenvalue weighted by Gasteiger charge is 2.35. The van der Waals surface area contributed by atoms with E-state index in [1.807, 2.05) is 4.90 Å². The molecule has 3 amide bonds. The predicted octanol–water partition coefficient (Wildman–Crippen LogP) is 2.20. The summed E-state index contributed by atoms with van der Waals surface area (Å²) in [7, 11) is 0. The molecule has 3 heterocycles. The van der Waals surface area contributed by atoms with Gasteiger partial charge in [-0.15, -0.1) is 0 Å². The minimum absolute atomic E-state index is 0.0415. The van der Waals surface area contributed by atoms with Crippen LogP contribution in [0.25, 0.3) is 0 Å². The van der Waals surface area contributed by atoms with E-state index in [9.17, 15) is 9.59 Å². The fourth-order valence-corrected chi connectivity index (χ4v) is 4.13. The second kappa shape index (κ2) is 6.05. The lowest BCUT2D eigenvalue weighted by molar-refractivity contribution is -0.137. The van der Waals surface area contributed by atoms with Crippen LogP contribution in [0, 0.1) is 5.92 Å². The van der Waals surface area contributed by atoms with Crippen LogP contribution in [-0.2, 0) is 4.79 Å². The molecule has 2 N–H and O–H groups in total. The number of amides is 3. The number of carbonyl (C=O) groups is 2. The predicted molar refractivity (Wildman–Crippen MR) is 81.9 cm³/mol. The summed E-state index contributed by atoms with van der Waals surface area (Å²) in [4.78, 5) is 27.6. The summed E-state index contributed by atoms with van der Waals surface area (Å²) in [6, 6.07) is 1.99. The zero-order valence-corrected chi connectivity index (χ0v) is 12.8. The van der Waals surface area contributed by atoms with Crippen molar-refractivity contribution in [1.29, 1.82) is 0 Å². The molecule has 0 aliphatic carbocycles. The number of hydrogen-bond donors (Lipinski definition) is 1. The van der Waals surface area contributed by atoms with E-state index in [4.69, 9.17) is 5.73 Å². The van der Waals surface area contributed by atoms with Gasteiger partial charge in [0.2, 0.25) is 5.91 Å². The zero-order chi connectivity index (χ0) is 14.8. The molecule has 2 aliphatic heterocycles. The molecule has 2 aliphatic rings. The minimum Gasteiger partial charge on any atom is -0.351 e. The van der Waals surface area contributed by atoms with Gasteiger partial charge in [-0.2, -0.15) is 11.3 Å². The van der Waals surface area contributed by atoms with E-state index in [1.54, 1.807) is 16.2 Å². The lowest BCUT2D eigenvalue weighted by Gasteiger charge is -2.34. The van der Waals surface area contributed by atoms with Crippen LogP contribution < -0.4 is 5.73 Å². The second-order valence-electron chi connectivity index (χ2n) is 5.85. The zero-order valence-electron chi connectivity index (χ0n) is 12.0. The van der Waals surface area contributed by atoms with E-state index in [0.717, 1.165) is 32.2 Å². The molecule has 2 fully saturated rings. The smallest absolute Gasteiger partial charge is 0.314 e. The van der Waals surface area contributed by atoms with E-state index in [0.29, 0.717) is 13.1 Å². The number of rotatable bonds is 2. The molecule has 21 heavy (non-hydrogen) atoms. The van der Waals surface area contributed by atoms with Gasteiger partial charge in [0.15, 0.2) is 0 Å². The molecular weight excluding hydrogens is 286 g/mol. The molecule has 0 bridgehead atoms. The van der Waals surface area contributed by atoms with Crippen molar-refractivity contribution in [2.24, 2.45) is 11.7 Å². The van der Waals surface area contributed by atoms with Gasteiger partial charge in [-0.25, -0.2) is 4.79 Å². The monoisotopic (exact) mass is 307 g/mol. The summed E-state index contributed by atoms with van der Waals surface area (Å²) in [5.74, 6) is 0.299. The first-order valence-electron chi connectivity index (χ1n) is 7.54. The van der Waals surface area contributed by atoms with E-state index >= 15 is 0 Å². The SMILES string of the molecule is NC(=O)N1CCC(C(=O)N2CCC[C@@H]2c2ccsc2)CC1. The van der Waals surface area contributed by atoms with Crippen molar-refractivity contribution >= 4 is 23.3 Å². The van der Waals surface area contributed by atoms with Crippen molar-refractivity contribution in [3.8, 4) is 0 Å². The number of urea groups is 1. The quantitative estimate of drug-likeness (QED) is 0.910. The topological polar surface area (TPSA) is 66.6 Å². The first-order valence-corrected chi connectivity index (χ1v) is 8.48. The maximum Gasteiger partial charge on any atom is 0.314 e. The van der Waals surface area contributed by atoms with E-state index in [-0.39, 0.29) is 23.9 Å². The molecule has 0 unspecified atom stereocenters. The molecule has 2 saturated heterocycles. The normalized spacial score (nSPS) is 23.5. The summed E-state index contributed by atoms with van der Waals surface area (Å²) >= 11 is 1.68. The number of hydrogen-bond acceptors (Lipinski definition) is 3. The van der Waals surface area contributed by atoms with Crippen molar-refractivity contribution in [3.05, 3.63) is 22.4 Å². The first kappa shape index (κ1) is 14.4. The molecule has 1 atom stereocenters. The van der Waals surface area contributed by atoms with Gasteiger partial charge in [-0.3, -0.25) is 4.79 Å². The van der Waals surface area contributed by atoms with Crippen LogP contribution in [0.15, 0.2) is 16.8 Å². The number of likely N-dealkylation sites (tertiary alicyclic amines) is 2. The number of carbonyl (C=O) groups excluding carboxylic acids is 2. The Morgan fingerprint density at radius 1 is 1.19 bits per heavy atom. The van der Waals surface area contributed by atoms with Crippen molar-refractivity contribution < 1.29 is 9.59 Å². The average molecular weight is 307 g/mol. The van der Waals surface area contributed by atoms with Crippen LogP contribution in [0.2, 0.25) is 0 Å². The molecule has 1 aromatic heterocycles. The Hall–Kier alpha value is -1.56. The average Bonchev–Trinajstić information content (AvgIpc) is 3.17. The van der Waals surface area contributed by atoms with Crippen LogP contribution >= 0.6 is 11.3 Å². The fourth-order valence-electron chi connectivity index (χ4n) is 3.42. The third-order valence-corrected chi connectivity index (χ3v) is 5.32. The third-order valence-electron chi connectivity index (χ3n) is 4.62. The van der Waals surface area contributed by atoms with Crippen molar-refractivity contribution in [1.82, 2.24) is 9.80 Å². The fraction of sp³-hybridized carbons (Fsp3) is 0.600. The third kappa shape index (κ3) is 2.90. The highest BCUT2D eigenvalue weighted by Crippen LogP contribution is 2.35. The molecule has 0 radical (unpaired) electrons. The molecule has 5 nitrogen and oxygen atoms in total. The molecule has 0 saturated carbocycles. The Bertz CT molecular complexity index is 509. The first-order chi connectivity index (χ1) is 10.2. The summed E-state index contributed by atoms with van der Waals surface area (Å²) in [5.41, 5.74) is 6.55. The van der Waals surface area contributed by atoms with Crippen molar-refractivity contribution in [3.63, 3.8) is 0 Å². The van der Waals surface area contributed by atoms with Crippen molar-refractivity contribution in [2.75, 3.05) is 19.6 Å². The number of piperidine rings is 1. The van der Waals surface area contributed by atoms with E-state index < -0.39 is 0 Å². The highest BCUT2D eigenvalue weighted by molar-refractivity contribution is 7.07. The van der Waals surface area contributed by atoms with Gasteiger partial charge >= 0.3 is 6.03 Å². The maximum atomic E-state index is 12.8. The Labute approximate surface area is 128 Å². The molecule has 6 heteroatoms. The van der Waals surface area contributed by atoms with Crippen molar-refractivity contribution in [2.45, 2.75) is 31.7 Å². The Morgan fingerprint density at radius 3 is 2.57 bits per heavy atom. The molecule has 1 aromatic rings. The van der Waals surface area contributed by atoms with Gasteiger partial charge in [-0.1, -0.05) is 0 Å². The molecule has 114 valence electrons. The summed E-state index contributed by atoms with van der Waals surface area (Å²) < 4.78 is 0. The van der Waals surface area contributed by atoms with Gasteiger partial charge in [0.1, 0.15) is 0 Å². The van der Waals surface area contributed by atoms with Crippen LogP contribution in [0.3, 0.4) is 0 Å². The van der Waals surface area contributed by atoms with E-state index in [1.165, 1.54) is 5.56 Å². The van der Waals surface area contributed by atoms with Crippen LogP contribution in [0.5, 0.6) is 0 Å². The van der Waals surface area contributed by atoms with Crippen LogP contribution in [0.4, 0.5) is 4.79 Å². The number of nitrogens with two attached hydrogens (primary N) is 1. The maximum absolute atomic E-state index is 12.8. The Kier molecular flexibility index (Phi) is 4.14.